The van der Waals surface area contributed by atoms with Crippen LogP contribution in [0, 0.1) is 12.8 Å². The molecule has 0 N–H and O–H groups in total. The number of hydrogen-bond acceptors (Lipinski definition) is 3. The molecule has 4 heteroatoms. The Balaban J connectivity index is 1.44. The maximum absolute atomic E-state index is 12.9. The van der Waals surface area contributed by atoms with Crippen LogP contribution in [0.2, 0.25) is 0 Å². The van der Waals surface area contributed by atoms with Gasteiger partial charge in [0, 0.05) is 24.0 Å². The summed E-state index contributed by atoms with van der Waals surface area (Å²) in [5.74, 6) is 0.761. The minimum atomic E-state index is 0.118. The summed E-state index contributed by atoms with van der Waals surface area (Å²) in [6.45, 7) is 1.96. The van der Waals surface area contributed by atoms with Gasteiger partial charge in [0.05, 0.1) is 17.1 Å². The summed E-state index contributed by atoms with van der Waals surface area (Å²) < 4.78 is 1.86. The van der Waals surface area contributed by atoms with Crippen LogP contribution in [0.4, 0.5) is 0 Å². The van der Waals surface area contributed by atoms with Crippen LogP contribution < -0.4 is 0 Å². The van der Waals surface area contributed by atoms with Crippen LogP contribution in [0.25, 0.3) is 16.9 Å². The fraction of sp³-hybridized carbons (Fsp3) is 0.208. The highest BCUT2D eigenvalue weighted by atomic mass is 16.1. The zero-order valence-corrected chi connectivity index (χ0v) is 15.7. The highest BCUT2D eigenvalue weighted by Crippen LogP contribution is 2.48. The Morgan fingerprint density at radius 2 is 1.75 bits per heavy atom. The normalized spacial score (nSPS) is 18.3. The van der Waals surface area contributed by atoms with Crippen molar-refractivity contribution in [2.24, 2.45) is 5.92 Å². The molecule has 1 aliphatic rings. The maximum Gasteiger partial charge on any atom is 0.156 e. The molecule has 0 amide bonds. The van der Waals surface area contributed by atoms with E-state index >= 15 is 0 Å². The highest BCUT2D eigenvalue weighted by molar-refractivity contribution is 5.87. The summed E-state index contributed by atoms with van der Waals surface area (Å²) in [5.41, 5.74) is 5.82. The fourth-order valence-electron chi connectivity index (χ4n) is 3.98. The van der Waals surface area contributed by atoms with Gasteiger partial charge in [0.15, 0.2) is 5.65 Å². The number of aromatic nitrogens is 3. The smallest absolute Gasteiger partial charge is 0.156 e. The summed E-state index contributed by atoms with van der Waals surface area (Å²) in [6, 6.07) is 24.4. The van der Waals surface area contributed by atoms with E-state index in [0.717, 1.165) is 34.7 Å². The Morgan fingerprint density at radius 3 is 2.50 bits per heavy atom. The van der Waals surface area contributed by atoms with Gasteiger partial charge in [-0.3, -0.25) is 4.79 Å². The van der Waals surface area contributed by atoms with Crippen molar-refractivity contribution in [3.8, 4) is 11.3 Å². The minimum absolute atomic E-state index is 0.118. The van der Waals surface area contributed by atoms with Gasteiger partial charge in [0.1, 0.15) is 5.78 Å². The first-order valence-electron chi connectivity index (χ1n) is 9.68. The Morgan fingerprint density at radius 1 is 1.04 bits per heavy atom. The number of nitrogens with zero attached hydrogens (tertiary/aromatic N) is 3. The van der Waals surface area contributed by atoms with E-state index in [-0.39, 0.29) is 11.7 Å². The second-order valence-corrected chi connectivity index (χ2v) is 7.56. The summed E-state index contributed by atoms with van der Waals surface area (Å²) in [4.78, 5) is 17.6. The molecule has 5 rings (SSSR count). The van der Waals surface area contributed by atoms with Crippen molar-refractivity contribution >= 4 is 11.4 Å². The number of hydrogen-bond donors (Lipinski definition) is 0. The standard InChI is InChI=1S/C24H21N3O/c1-16-12-24-25-19(13-22(27(24)26-16)18-10-6-3-7-11-18)14-23(28)21-15-20(21)17-8-4-2-5-9-17/h2-13,20-21H,14-15H2,1H3/t20-,21+/m1/s1. The van der Waals surface area contributed by atoms with Gasteiger partial charge in [0.25, 0.3) is 0 Å². The summed E-state index contributed by atoms with van der Waals surface area (Å²) in [6.07, 6.45) is 1.32. The van der Waals surface area contributed by atoms with Crippen molar-refractivity contribution in [3.63, 3.8) is 0 Å². The summed E-state index contributed by atoms with van der Waals surface area (Å²) in [5, 5.41) is 4.58. The zero-order chi connectivity index (χ0) is 19.1. The molecule has 4 nitrogen and oxygen atoms in total. The van der Waals surface area contributed by atoms with Gasteiger partial charge in [0.2, 0.25) is 0 Å². The van der Waals surface area contributed by atoms with E-state index in [9.17, 15) is 4.79 Å². The van der Waals surface area contributed by atoms with E-state index in [1.165, 1.54) is 5.56 Å². The molecule has 0 bridgehead atoms. The molecular weight excluding hydrogens is 346 g/mol. The van der Waals surface area contributed by atoms with Crippen molar-refractivity contribution in [1.82, 2.24) is 14.6 Å². The van der Waals surface area contributed by atoms with Crippen LogP contribution in [0.5, 0.6) is 0 Å². The van der Waals surface area contributed by atoms with E-state index in [1.807, 2.05) is 60.0 Å². The van der Waals surface area contributed by atoms with Crippen molar-refractivity contribution in [2.75, 3.05) is 0 Å². The molecule has 0 aliphatic heterocycles. The van der Waals surface area contributed by atoms with E-state index in [1.54, 1.807) is 0 Å². The molecule has 2 aromatic carbocycles. The lowest BCUT2D eigenvalue weighted by Gasteiger charge is -2.08. The lowest BCUT2D eigenvalue weighted by Crippen LogP contribution is -2.09. The van der Waals surface area contributed by atoms with Gasteiger partial charge in [-0.25, -0.2) is 9.50 Å². The largest absolute Gasteiger partial charge is 0.299 e. The number of fused-ring (bicyclic) bond motifs is 1. The van der Waals surface area contributed by atoms with Gasteiger partial charge in [-0.1, -0.05) is 60.7 Å². The van der Waals surface area contributed by atoms with E-state index in [0.29, 0.717) is 12.3 Å². The Kier molecular flexibility index (Phi) is 4.05. The van der Waals surface area contributed by atoms with Crippen molar-refractivity contribution in [3.05, 3.63) is 89.7 Å². The molecule has 0 radical (unpaired) electrons. The first-order chi connectivity index (χ1) is 13.7. The number of carbonyl (C=O) groups excluding carboxylic acids is 1. The van der Waals surface area contributed by atoms with Gasteiger partial charge in [-0.15, -0.1) is 0 Å². The molecule has 0 spiro atoms. The molecule has 28 heavy (non-hydrogen) atoms. The number of aryl methyl sites for hydroxylation is 1. The Labute approximate surface area is 163 Å². The number of carbonyl (C=O) groups is 1. The zero-order valence-electron chi connectivity index (χ0n) is 15.7. The third-order valence-corrected chi connectivity index (χ3v) is 5.46. The van der Waals surface area contributed by atoms with E-state index in [4.69, 9.17) is 4.98 Å². The minimum Gasteiger partial charge on any atom is -0.299 e. The second kappa shape index (κ2) is 6.71. The Hall–Kier alpha value is -3.27. The highest BCUT2D eigenvalue weighted by Gasteiger charge is 2.43. The lowest BCUT2D eigenvalue weighted by atomic mass is 10.0. The maximum atomic E-state index is 12.9. The van der Waals surface area contributed by atoms with Gasteiger partial charge >= 0.3 is 0 Å². The SMILES string of the molecule is Cc1cc2nc(CC(=O)[C@H]3C[C@@H]3c3ccccc3)cc(-c3ccccc3)n2n1. The first-order valence-corrected chi connectivity index (χ1v) is 9.68. The quantitative estimate of drug-likeness (QED) is 0.517. The topological polar surface area (TPSA) is 47.3 Å². The molecule has 0 saturated heterocycles. The van der Waals surface area contributed by atoms with Crippen LogP contribution in [0.1, 0.15) is 29.3 Å². The third kappa shape index (κ3) is 3.11. The van der Waals surface area contributed by atoms with E-state index < -0.39 is 0 Å². The van der Waals surface area contributed by atoms with Crippen molar-refractivity contribution < 1.29 is 4.79 Å². The predicted molar refractivity (Wildman–Crippen MR) is 109 cm³/mol. The summed E-state index contributed by atoms with van der Waals surface area (Å²) in [7, 11) is 0. The first kappa shape index (κ1) is 16.9. The number of ketones is 1. The Bertz CT molecular complexity index is 1150. The number of Topliss-reactive ketones (excluding diaryl/α,β-unsaturated/α-hetero) is 1. The fourth-order valence-corrected chi connectivity index (χ4v) is 3.98. The molecule has 4 aromatic rings. The van der Waals surface area contributed by atoms with Crippen LogP contribution in [0.3, 0.4) is 0 Å². The van der Waals surface area contributed by atoms with Crippen LogP contribution in [-0.4, -0.2) is 20.4 Å². The lowest BCUT2D eigenvalue weighted by molar-refractivity contribution is -0.119. The third-order valence-electron chi connectivity index (χ3n) is 5.46. The molecule has 2 aromatic heterocycles. The van der Waals surface area contributed by atoms with Gasteiger partial charge in [-0.2, -0.15) is 5.10 Å². The molecular formula is C24H21N3O. The number of rotatable bonds is 5. The molecule has 2 heterocycles. The second-order valence-electron chi connectivity index (χ2n) is 7.56. The monoisotopic (exact) mass is 367 g/mol. The molecule has 1 saturated carbocycles. The van der Waals surface area contributed by atoms with Crippen molar-refractivity contribution in [1.29, 1.82) is 0 Å². The average molecular weight is 367 g/mol. The molecule has 2 atom stereocenters. The molecule has 1 aliphatic carbocycles. The molecule has 138 valence electrons. The van der Waals surface area contributed by atoms with Crippen LogP contribution in [0.15, 0.2) is 72.8 Å². The van der Waals surface area contributed by atoms with E-state index in [2.05, 4.69) is 29.4 Å². The van der Waals surface area contributed by atoms with Gasteiger partial charge in [-0.05, 0) is 30.9 Å². The molecule has 0 unspecified atom stereocenters. The van der Waals surface area contributed by atoms with Gasteiger partial charge < -0.3 is 0 Å². The average Bonchev–Trinajstić information content (AvgIpc) is 3.44. The predicted octanol–water partition coefficient (Wildman–Crippen LogP) is 4.62. The van der Waals surface area contributed by atoms with Crippen LogP contribution in [-0.2, 0) is 11.2 Å². The van der Waals surface area contributed by atoms with Crippen LogP contribution >= 0.6 is 0 Å². The summed E-state index contributed by atoms with van der Waals surface area (Å²) >= 11 is 0. The van der Waals surface area contributed by atoms with Crippen molar-refractivity contribution in [2.45, 2.75) is 25.7 Å². The number of benzene rings is 2. The molecule has 1 fully saturated rings.